The van der Waals surface area contributed by atoms with E-state index in [1.165, 1.54) is 36.4 Å². The molecule has 0 atom stereocenters. The molecular formula is C19H20N2O6S2. The molecule has 0 radical (unpaired) electrons. The molecule has 2 rings (SSSR count). The molecule has 10 heteroatoms. The Morgan fingerprint density at radius 2 is 1.41 bits per heavy atom. The van der Waals surface area contributed by atoms with Crippen LogP contribution in [0.5, 0.6) is 5.75 Å². The van der Waals surface area contributed by atoms with Crippen LogP contribution in [0.25, 0.3) is 5.53 Å². The summed E-state index contributed by atoms with van der Waals surface area (Å²) in [5, 5.41) is 0. The van der Waals surface area contributed by atoms with Crippen LogP contribution in [0.4, 0.5) is 0 Å². The van der Waals surface area contributed by atoms with Crippen LogP contribution in [-0.2, 0) is 24.5 Å². The first kappa shape index (κ1) is 22.5. The van der Waals surface area contributed by atoms with Gasteiger partial charge in [-0.05, 0) is 56.7 Å². The van der Waals surface area contributed by atoms with Crippen molar-refractivity contribution in [2.45, 2.75) is 37.0 Å². The first-order chi connectivity index (χ1) is 13.5. The quantitative estimate of drug-likeness (QED) is 0.177. The predicted molar refractivity (Wildman–Crippen MR) is 106 cm³/mol. The second-order valence-electron chi connectivity index (χ2n) is 6.78. The fourth-order valence-corrected chi connectivity index (χ4v) is 5.49. The summed E-state index contributed by atoms with van der Waals surface area (Å²) in [5.74, 6) is -0.385. The van der Waals surface area contributed by atoms with E-state index in [4.69, 9.17) is 4.74 Å². The summed E-state index contributed by atoms with van der Waals surface area (Å²) in [5.41, 5.74) is 8.45. The van der Waals surface area contributed by atoms with Crippen LogP contribution >= 0.6 is 0 Å². The molecule has 0 amide bonds. The number of carbonyl (C=O) groups excluding carboxylic acids is 1. The average Bonchev–Trinajstić information content (AvgIpc) is 2.69. The number of ether oxygens (including phenoxy) is 1. The van der Waals surface area contributed by atoms with Gasteiger partial charge in [0.2, 0.25) is 0 Å². The van der Waals surface area contributed by atoms with Gasteiger partial charge in [0.25, 0.3) is 19.7 Å². The van der Waals surface area contributed by atoms with E-state index in [2.05, 4.69) is 4.79 Å². The molecule has 8 nitrogen and oxygen atoms in total. The topological polar surface area (TPSA) is 131 Å². The molecule has 0 spiro atoms. The van der Waals surface area contributed by atoms with E-state index in [1.807, 2.05) is 6.92 Å². The fraction of sp³-hybridized carbons (Fsp3) is 0.263. The Kier molecular flexibility index (Phi) is 6.42. The molecule has 0 aliphatic heterocycles. The third kappa shape index (κ3) is 4.61. The van der Waals surface area contributed by atoms with Crippen molar-refractivity contribution in [3.8, 4) is 5.75 Å². The van der Waals surface area contributed by atoms with Crippen molar-refractivity contribution in [1.29, 1.82) is 0 Å². The summed E-state index contributed by atoms with van der Waals surface area (Å²) < 4.78 is 54.5. The highest BCUT2D eigenvalue weighted by Gasteiger charge is 2.44. The normalized spacial score (nSPS) is 12.1. The third-order valence-electron chi connectivity index (χ3n) is 4.38. The number of hydrogen-bond acceptors (Lipinski definition) is 6. The van der Waals surface area contributed by atoms with Crippen molar-refractivity contribution in [3.05, 3.63) is 60.1 Å². The van der Waals surface area contributed by atoms with Crippen LogP contribution in [0, 0.1) is 5.41 Å². The summed E-state index contributed by atoms with van der Waals surface area (Å²) >= 11 is 0. The Hall–Kier alpha value is -2.81. The highest BCUT2D eigenvalue weighted by atomic mass is 32.3. The Morgan fingerprint density at radius 3 is 1.86 bits per heavy atom. The Bertz CT molecular complexity index is 1160. The van der Waals surface area contributed by atoms with E-state index in [0.717, 1.165) is 12.1 Å². The number of nitrogens with zero attached hydrogens (tertiary/aromatic N) is 2. The van der Waals surface area contributed by atoms with Gasteiger partial charge >= 0.3 is 10.3 Å². The minimum Gasteiger partial charge on any atom is -0.426 e. The van der Waals surface area contributed by atoms with Crippen molar-refractivity contribution in [2.24, 2.45) is 5.41 Å². The SMILES string of the molecule is CCC(C)(C)C(=O)Oc1ccc(S(=O)(=O)C(=[N+]=[N-])S(=O)(=O)c2ccccc2)cc1. The molecule has 0 bridgehead atoms. The molecule has 154 valence electrons. The van der Waals surface area contributed by atoms with Gasteiger partial charge in [-0.1, -0.05) is 25.1 Å². The lowest BCUT2D eigenvalue weighted by Crippen LogP contribution is -2.28. The minimum absolute atomic E-state index is 0.101. The van der Waals surface area contributed by atoms with E-state index in [-0.39, 0.29) is 10.6 Å². The molecular weight excluding hydrogens is 416 g/mol. The molecule has 29 heavy (non-hydrogen) atoms. The molecule has 0 unspecified atom stereocenters. The van der Waals surface area contributed by atoms with Crippen molar-refractivity contribution in [1.82, 2.24) is 0 Å². The zero-order chi connectivity index (χ0) is 21.9. The highest BCUT2D eigenvalue weighted by Crippen LogP contribution is 2.26. The summed E-state index contributed by atoms with van der Waals surface area (Å²) in [6, 6.07) is 11.3. The lowest BCUT2D eigenvalue weighted by Gasteiger charge is -2.20. The number of esters is 1. The first-order valence-electron chi connectivity index (χ1n) is 8.56. The molecule has 0 aliphatic carbocycles. The Balaban J connectivity index is 2.38. The molecule has 0 aromatic heterocycles. The van der Waals surface area contributed by atoms with Gasteiger partial charge in [0, 0.05) is 0 Å². The van der Waals surface area contributed by atoms with Gasteiger partial charge < -0.3 is 10.3 Å². The zero-order valence-electron chi connectivity index (χ0n) is 16.1. The summed E-state index contributed by atoms with van der Waals surface area (Å²) in [6.45, 7) is 5.26. The van der Waals surface area contributed by atoms with E-state index < -0.39 is 40.3 Å². The Morgan fingerprint density at radius 1 is 0.931 bits per heavy atom. The van der Waals surface area contributed by atoms with Gasteiger partial charge in [-0.25, -0.2) is 16.8 Å². The van der Waals surface area contributed by atoms with E-state index in [9.17, 15) is 27.2 Å². The van der Waals surface area contributed by atoms with Crippen molar-refractivity contribution in [2.75, 3.05) is 0 Å². The maximum absolute atomic E-state index is 12.7. The summed E-state index contributed by atoms with van der Waals surface area (Å²) in [7, 11) is -9.25. The first-order valence-corrected chi connectivity index (χ1v) is 11.5. The number of sulfone groups is 2. The average molecular weight is 437 g/mol. The maximum atomic E-state index is 12.7. The number of carbonyl (C=O) groups is 1. The van der Waals surface area contributed by atoms with Crippen LogP contribution < -0.4 is 4.74 Å². The molecule has 0 saturated heterocycles. The molecule has 2 aromatic carbocycles. The molecule has 0 N–H and O–H groups in total. The van der Waals surface area contributed by atoms with Gasteiger partial charge in [-0.15, -0.1) is 4.79 Å². The fourth-order valence-electron chi connectivity index (χ4n) is 2.13. The number of hydrogen-bond donors (Lipinski definition) is 0. The van der Waals surface area contributed by atoms with Crippen LogP contribution in [-0.4, -0.2) is 32.0 Å². The zero-order valence-corrected chi connectivity index (χ0v) is 17.7. The molecule has 0 aliphatic rings. The molecule has 0 heterocycles. The lowest BCUT2D eigenvalue weighted by molar-refractivity contribution is -0.144. The van der Waals surface area contributed by atoms with E-state index >= 15 is 0 Å². The van der Waals surface area contributed by atoms with Crippen LogP contribution in [0.1, 0.15) is 27.2 Å². The van der Waals surface area contributed by atoms with Gasteiger partial charge in [-0.2, -0.15) is 0 Å². The Labute approximate surface area is 169 Å². The maximum Gasteiger partial charge on any atom is 0.504 e. The van der Waals surface area contributed by atoms with Crippen molar-refractivity contribution >= 4 is 30.0 Å². The molecule has 2 aromatic rings. The molecule has 0 saturated carbocycles. The lowest BCUT2D eigenvalue weighted by atomic mass is 9.91. The van der Waals surface area contributed by atoms with E-state index in [1.54, 1.807) is 19.9 Å². The van der Waals surface area contributed by atoms with Crippen molar-refractivity contribution < 1.29 is 31.2 Å². The number of benzene rings is 2. The van der Waals surface area contributed by atoms with Crippen molar-refractivity contribution in [3.63, 3.8) is 0 Å². The smallest absolute Gasteiger partial charge is 0.426 e. The second kappa shape index (κ2) is 8.28. The standard InChI is InChI=1S/C19H20N2O6S2/c1-4-19(2,3)17(22)27-14-10-12-16(13-11-14)29(25,26)18(21-20)28(23,24)15-8-6-5-7-9-15/h5-13H,4H2,1-3H3. The van der Waals surface area contributed by atoms with Crippen LogP contribution in [0.2, 0.25) is 0 Å². The van der Waals surface area contributed by atoms with Gasteiger partial charge in [0.1, 0.15) is 5.75 Å². The number of rotatable bonds is 5. The largest absolute Gasteiger partial charge is 0.504 e. The van der Waals surface area contributed by atoms with Crippen LogP contribution in [0.3, 0.4) is 0 Å². The van der Waals surface area contributed by atoms with Gasteiger partial charge in [0.05, 0.1) is 15.2 Å². The molecule has 0 fully saturated rings. The third-order valence-corrected chi connectivity index (χ3v) is 8.56. The van der Waals surface area contributed by atoms with Gasteiger partial charge in [0.15, 0.2) is 0 Å². The monoisotopic (exact) mass is 436 g/mol. The van der Waals surface area contributed by atoms with Gasteiger partial charge in [-0.3, -0.25) is 4.79 Å². The van der Waals surface area contributed by atoms with Crippen LogP contribution in [0.15, 0.2) is 64.4 Å². The van der Waals surface area contributed by atoms with E-state index in [0.29, 0.717) is 6.42 Å². The minimum atomic E-state index is -4.66. The predicted octanol–water partition coefficient (Wildman–Crippen LogP) is 2.86. The summed E-state index contributed by atoms with van der Waals surface area (Å²) in [4.78, 5) is 13.9. The highest BCUT2D eigenvalue weighted by molar-refractivity contribution is 8.31. The summed E-state index contributed by atoms with van der Waals surface area (Å²) in [6.07, 6.45) is 0.548. The second-order valence-corrected chi connectivity index (χ2v) is 10.8.